The molecule has 0 N–H and O–H groups in total. The first-order chi connectivity index (χ1) is 8.88. The molecule has 2 nitrogen and oxygen atoms in total. The van der Waals surface area contributed by atoms with Crippen LogP contribution in [0.25, 0.3) is 0 Å². The molecule has 110 valence electrons. The van der Waals surface area contributed by atoms with E-state index >= 15 is 0 Å². The van der Waals surface area contributed by atoms with Crippen LogP contribution in [0.4, 0.5) is 0 Å². The van der Waals surface area contributed by atoms with Crippen LogP contribution in [0.5, 0.6) is 0 Å². The Morgan fingerprint density at radius 3 is 2.32 bits per heavy atom. The minimum Gasteiger partial charge on any atom is -0.298 e. The van der Waals surface area contributed by atoms with Crippen molar-refractivity contribution in [2.45, 2.75) is 66.0 Å². The lowest BCUT2D eigenvalue weighted by molar-refractivity contribution is 0.0423. The van der Waals surface area contributed by atoms with Gasteiger partial charge in [-0.25, -0.2) is 0 Å². The van der Waals surface area contributed by atoms with Crippen LogP contribution in [0.1, 0.15) is 53.9 Å². The van der Waals surface area contributed by atoms with Crippen molar-refractivity contribution >= 4 is 0 Å². The molecule has 0 spiro atoms. The maximum atomic E-state index is 2.84. The van der Waals surface area contributed by atoms with Crippen molar-refractivity contribution < 1.29 is 0 Å². The second-order valence-corrected chi connectivity index (χ2v) is 8.30. The van der Waals surface area contributed by atoms with Crippen molar-refractivity contribution in [3.63, 3.8) is 0 Å². The Labute approximate surface area is 119 Å². The number of nitrogens with zero attached hydrogens (tertiary/aromatic N) is 2. The van der Waals surface area contributed by atoms with E-state index in [-0.39, 0.29) is 0 Å². The van der Waals surface area contributed by atoms with Gasteiger partial charge in [0, 0.05) is 31.7 Å². The summed E-state index contributed by atoms with van der Waals surface area (Å²) in [6.07, 6.45) is 4.18. The minimum atomic E-state index is 0.540. The quantitative estimate of drug-likeness (QED) is 0.772. The van der Waals surface area contributed by atoms with E-state index in [1.807, 2.05) is 0 Å². The van der Waals surface area contributed by atoms with Gasteiger partial charge in [-0.15, -0.1) is 0 Å². The highest BCUT2D eigenvalue weighted by Gasteiger charge is 2.64. The molecule has 1 aliphatic carbocycles. The lowest BCUT2D eigenvalue weighted by Crippen LogP contribution is -2.56. The summed E-state index contributed by atoms with van der Waals surface area (Å²) < 4.78 is 0. The Hall–Kier alpha value is -0.0800. The van der Waals surface area contributed by atoms with Crippen molar-refractivity contribution in [2.75, 3.05) is 26.2 Å². The molecule has 2 aliphatic heterocycles. The molecule has 0 aromatic carbocycles. The zero-order valence-electron chi connectivity index (χ0n) is 13.6. The van der Waals surface area contributed by atoms with Crippen molar-refractivity contribution in [1.29, 1.82) is 0 Å². The normalized spacial score (nSPS) is 38.4. The summed E-state index contributed by atoms with van der Waals surface area (Å²) in [7, 11) is 0. The van der Waals surface area contributed by atoms with Gasteiger partial charge in [0.15, 0.2) is 0 Å². The van der Waals surface area contributed by atoms with Gasteiger partial charge < -0.3 is 0 Å². The molecule has 2 unspecified atom stereocenters. The number of hydrogen-bond acceptors (Lipinski definition) is 2. The van der Waals surface area contributed by atoms with Crippen LogP contribution in [0.15, 0.2) is 0 Å². The summed E-state index contributed by atoms with van der Waals surface area (Å²) in [5.74, 6) is 0.891. The van der Waals surface area contributed by atoms with Gasteiger partial charge in [0.05, 0.1) is 0 Å². The number of rotatable bonds is 3. The first kappa shape index (κ1) is 13.9. The number of hydrogen-bond donors (Lipinski definition) is 0. The van der Waals surface area contributed by atoms with Gasteiger partial charge in [-0.1, -0.05) is 34.6 Å². The first-order valence-corrected chi connectivity index (χ1v) is 8.36. The molecule has 0 aromatic heterocycles. The van der Waals surface area contributed by atoms with E-state index in [0.29, 0.717) is 10.8 Å². The van der Waals surface area contributed by atoms with Gasteiger partial charge in [-0.3, -0.25) is 9.80 Å². The standard InChI is InChI=1S/C17H32N2/c1-6-13-10-18-9-7-8-14(18)11-19(13)12-15-16(2,3)17(15,4)5/h13-15H,6-12H2,1-5H3. The third-order valence-electron chi connectivity index (χ3n) is 7.11. The lowest BCUT2D eigenvalue weighted by atomic mass is 10.0. The van der Waals surface area contributed by atoms with Gasteiger partial charge >= 0.3 is 0 Å². The average molecular weight is 264 g/mol. The second kappa shape index (κ2) is 4.46. The second-order valence-electron chi connectivity index (χ2n) is 8.30. The van der Waals surface area contributed by atoms with Gasteiger partial charge in [-0.2, -0.15) is 0 Å². The van der Waals surface area contributed by atoms with Crippen molar-refractivity contribution in [3.05, 3.63) is 0 Å². The van der Waals surface area contributed by atoms with Crippen LogP contribution in [0, 0.1) is 16.7 Å². The van der Waals surface area contributed by atoms with E-state index in [1.54, 1.807) is 0 Å². The minimum absolute atomic E-state index is 0.540. The van der Waals surface area contributed by atoms with Gasteiger partial charge in [0.25, 0.3) is 0 Å². The summed E-state index contributed by atoms with van der Waals surface area (Å²) in [6, 6.07) is 1.68. The SMILES string of the molecule is CCC1CN2CCCC2CN1CC1C(C)(C)C1(C)C. The van der Waals surface area contributed by atoms with Crippen LogP contribution < -0.4 is 0 Å². The fourth-order valence-corrected chi connectivity index (χ4v) is 4.78. The van der Waals surface area contributed by atoms with E-state index in [2.05, 4.69) is 44.4 Å². The third kappa shape index (κ3) is 2.06. The number of fused-ring (bicyclic) bond motifs is 1. The van der Waals surface area contributed by atoms with Crippen LogP contribution in [0.3, 0.4) is 0 Å². The molecule has 0 bridgehead atoms. The summed E-state index contributed by atoms with van der Waals surface area (Å²) in [5.41, 5.74) is 1.08. The largest absolute Gasteiger partial charge is 0.298 e. The van der Waals surface area contributed by atoms with E-state index in [0.717, 1.165) is 18.0 Å². The molecule has 2 heteroatoms. The van der Waals surface area contributed by atoms with Crippen LogP contribution in [-0.4, -0.2) is 48.1 Å². The molecule has 0 amide bonds. The highest BCUT2D eigenvalue weighted by Crippen LogP contribution is 2.68. The summed E-state index contributed by atoms with van der Waals surface area (Å²) in [6.45, 7) is 17.6. The zero-order chi connectivity index (χ0) is 13.8. The molecule has 2 heterocycles. The summed E-state index contributed by atoms with van der Waals surface area (Å²) in [4.78, 5) is 5.60. The van der Waals surface area contributed by atoms with Crippen molar-refractivity contribution in [3.8, 4) is 0 Å². The predicted octanol–water partition coefficient (Wildman–Crippen LogP) is 3.23. The van der Waals surface area contributed by atoms with E-state index in [9.17, 15) is 0 Å². The van der Waals surface area contributed by atoms with Gasteiger partial charge in [0.1, 0.15) is 0 Å². The highest BCUT2D eigenvalue weighted by atomic mass is 15.3. The van der Waals surface area contributed by atoms with Crippen molar-refractivity contribution in [2.24, 2.45) is 16.7 Å². The molecule has 3 fully saturated rings. The molecule has 19 heavy (non-hydrogen) atoms. The zero-order valence-corrected chi connectivity index (χ0v) is 13.6. The predicted molar refractivity (Wildman–Crippen MR) is 81.3 cm³/mol. The van der Waals surface area contributed by atoms with Crippen LogP contribution in [0.2, 0.25) is 0 Å². The molecular weight excluding hydrogens is 232 g/mol. The Morgan fingerprint density at radius 1 is 1.05 bits per heavy atom. The highest BCUT2D eigenvalue weighted by molar-refractivity contribution is 5.13. The van der Waals surface area contributed by atoms with E-state index in [4.69, 9.17) is 0 Å². The fourth-order valence-electron chi connectivity index (χ4n) is 4.78. The Balaban J connectivity index is 1.66. The fraction of sp³-hybridized carbons (Fsp3) is 1.00. The van der Waals surface area contributed by atoms with Gasteiger partial charge in [0.2, 0.25) is 0 Å². The smallest absolute Gasteiger partial charge is 0.0224 e. The Kier molecular flexibility index (Phi) is 3.26. The maximum absolute atomic E-state index is 2.84. The van der Waals surface area contributed by atoms with Crippen molar-refractivity contribution in [1.82, 2.24) is 9.80 Å². The molecule has 2 atom stereocenters. The molecular formula is C17H32N2. The third-order valence-corrected chi connectivity index (χ3v) is 7.11. The van der Waals surface area contributed by atoms with Crippen LogP contribution >= 0.6 is 0 Å². The maximum Gasteiger partial charge on any atom is 0.0224 e. The average Bonchev–Trinajstić information content (AvgIpc) is 2.74. The molecule has 0 radical (unpaired) electrons. The van der Waals surface area contributed by atoms with Crippen LogP contribution in [-0.2, 0) is 0 Å². The summed E-state index contributed by atoms with van der Waals surface area (Å²) >= 11 is 0. The monoisotopic (exact) mass is 264 g/mol. The number of piperazine rings is 1. The molecule has 2 saturated heterocycles. The van der Waals surface area contributed by atoms with E-state index < -0.39 is 0 Å². The Morgan fingerprint density at radius 2 is 1.74 bits per heavy atom. The van der Waals surface area contributed by atoms with Gasteiger partial charge in [-0.05, 0) is 42.6 Å². The molecule has 3 rings (SSSR count). The topological polar surface area (TPSA) is 6.48 Å². The molecule has 3 aliphatic rings. The molecule has 1 saturated carbocycles. The summed E-state index contributed by atoms with van der Waals surface area (Å²) in [5, 5.41) is 0. The Bertz CT molecular complexity index is 333. The first-order valence-electron chi connectivity index (χ1n) is 8.36. The van der Waals surface area contributed by atoms with E-state index in [1.165, 1.54) is 45.4 Å². The lowest BCUT2D eigenvalue weighted by Gasteiger charge is -2.44. The molecule has 0 aromatic rings.